The molecule has 94 valence electrons. The van der Waals surface area contributed by atoms with Crippen LogP contribution in [0.2, 0.25) is 5.02 Å². The Hall–Kier alpha value is -0.320. The molecule has 0 radical (unpaired) electrons. The molecule has 1 saturated heterocycles. The number of anilines is 1. The molecule has 0 N–H and O–H groups in total. The molecule has 1 aromatic rings. The van der Waals surface area contributed by atoms with Gasteiger partial charge in [0.2, 0.25) is 0 Å². The number of rotatable bonds is 3. The van der Waals surface area contributed by atoms with E-state index in [1.54, 1.807) is 6.20 Å². The molecule has 0 bridgehead atoms. The van der Waals surface area contributed by atoms with Crippen LogP contribution in [-0.2, 0) is 0 Å². The summed E-state index contributed by atoms with van der Waals surface area (Å²) in [6.07, 6.45) is 3.05. The molecule has 1 aromatic heterocycles. The zero-order chi connectivity index (χ0) is 12.4. The van der Waals surface area contributed by atoms with Crippen molar-refractivity contribution in [3.8, 4) is 0 Å². The van der Waals surface area contributed by atoms with Crippen molar-refractivity contribution in [2.45, 2.75) is 6.42 Å². The van der Waals surface area contributed by atoms with Crippen molar-refractivity contribution < 1.29 is 0 Å². The molecule has 0 amide bonds. The van der Waals surface area contributed by atoms with Crippen LogP contribution in [-0.4, -0.2) is 43.6 Å². The van der Waals surface area contributed by atoms with Gasteiger partial charge in [-0.25, -0.2) is 4.98 Å². The predicted molar refractivity (Wildman–Crippen MR) is 75.8 cm³/mol. The molecule has 0 aromatic carbocycles. The molecule has 2 rings (SSSR count). The van der Waals surface area contributed by atoms with E-state index in [9.17, 15) is 0 Å². The van der Waals surface area contributed by atoms with E-state index in [-0.39, 0.29) is 0 Å². The average Bonchev–Trinajstić information content (AvgIpc) is 2.63. The lowest BCUT2D eigenvalue weighted by Crippen LogP contribution is -2.28. The van der Waals surface area contributed by atoms with Gasteiger partial charge < -0.3 is 9.80 Å². The largest absolute Gasteiger partial charge is 0.358 e. The second-order valence-corrected chi connectivity index (χ2v) is 6.08. The summed E-state index contributed by atoms with van der Waals surface area (Å²) in [6.45, 7) is 3.37. The molecule has 1 atom stereocenters. The quantitative estimate of drug-likeness (QED) is 0.854. The first-order chi connectivity index (χ1) is 8.06. The van der Waals surface area contributed by atoms with Crippen molar-refractivity contribution >= 4 is 33.3 Å². The highest BCUT2D eigenvalue weighted by Gasteiger charge is 2.21. The second-order valence-electron chi connectivity index (χ2n) is 4.76. The SMILES string of the molecule is CN1CCC(CN(C)c2ncc(Br)cc2Cl)C1. The first-order valence-corrected chi connectivity index (χ1v) is 6.94. The summed E-state index contributed by atoms with van der Waals surface area (Å²) in [5.74, 6) is 1.58. The van der Waals surface area contributed by atoms with Gasteiger partial charge in [-0.3, -0.25) is 0 Å². The molecule has 17 heavy (non-hydrogen) atoms. The minimum absolute atomic E-state index is 0.702. The third kappa shape index (κ3) is 3.33. The lowest BCUT2D eigenvalue weighted by atomic mass is 10.1. The van der Waals surface area contributed by atoms with Crippen LogP contribution in [0.5, 0.6) is 0 Å². The maximum Gasteiger partial charge on any atom is 0.147 e. The van der Waals surface area contributed by atoms with Gasteiger partial charge in [-0.2, -0.15) is 0 Å². The maximum atomic E-state index is 6.19. The Morgan fingerprint density at radius 2 is 2.41 bits per heavy atom. The van der Waals surface area contributed by atoms with E-state index in [2.05, 4.69) is 44.8 Å². The van der Waals surface area contributed by atoms with Crippen molar-refractivity contribution in [2.24, 2.45) is 5.92 Å². The molecule has 0 aliphatic carbocycles. The Morgan fingerprint density at radius 3 is 3.00 bits per heavy atom. The lowest BCUT2D eigenvalue weighted by molar-refractivity contribution is 0.395. The topological polar surface area (TPSA) is 19.4 Å². The molecule has 5 heteroatoms. The number of hydrogen-bond acceptors (Lipinski definition) is 3. The fourth-order valence-corrected chi connectivity index (χ4v) is 3.11. The van der Waals surface area contributed by atoms with Crippen LogP contribution in [0.3, 0.4) is 0 Å². The van der Waals surface area contributed by atoms with Gasteiger partial charge in [0.05, 0.1) is 5.02 Å². The normalized spacial score (nSPS) is 20.8. The van der Waals surface area contributed by atoms with Gasteiger partial charge in [-0.1, -0.05) is 11.6 Å². The highest BCUT2D eigenvalue weighted by molar-refractivity contribution is 9.10. The molecule has 1 unspecified atom stereocenters. The van der Waals surface area contributed by atoms with Crippen molar-refractivity contribution in [1.82, 2.24) is 9.88 Å². The van der Waals surface area contributed by atoms with Crippen molar-refractivity contribution in [2.75, 3.05) is 38.6 Å². The Kier molecular flexibility index (Phi) is 4.28. The Balaban J connectivity index is 2.01. The summed E-state index contributed by atoms with van der Waals surface area (Å²) in [5.41, 5.74) is 0. The van der Waals surface area contributed by atoms with Crippen LogP contribution in [0.25, 0.3) is 0 Å². The lowest BCUT2D eigenvalue weighted by Gasteiger charge is -2.23. The number of nitrogens with zero attached hydrogens (tertiary/aromatic N) is 3. The van der Waals surface area contributed by atoms with Crippen LogP contribution in [0, 0.1) is 5.92 Å². The molecule has 1 aliphatic rings. The van der Waals surface area contributed by atoms with Gasteiger partial charge in [0.25, 0.3) is 0 Å². The van der Waals surface area contributed by atoms with Crippen LogP contribution in [0.1, 0.15) is 6.42 Å². The van der Waals surface area contributed by atoms with Crippen LogP contribution >= 0.6 is 27.5 Å². The summed E-state index contributed by atoms with van der Waals surface area (Å²) in [6, 6.07) is 1.89. The van der Waals surface area contributed by atoms with E-state index >= 15 is 0 Å². The zero-order valence-corrected chi connectivity index (χ0v) is 12.5. The fraction of sp³-hybridized carbons (Fsp3) is 0.583. The Morgan fingerprint density at radius 1 is 1.65 bits per heavy atom. The second kappa shape index (κ2) is 5.55. The highest BCUT2D eigenvalue weighted by atomic mass is 79.9. The van der Waals surface area contributed by atoms with Gasteiger partial charge in [0.15, 0.2) is 0 Å². The van der Waals surface area contributed by atoms with Gasteiger partial charge >= 0.3 is 0 Å². The minimum atomic E-state index is 0.702. The molecule has 0 saturated carbocycles. The minimum Gasteiger partial charge on any atom is -0.358 e. The van der Waals surface area contributed by atoms with Crippen LogP contribution < -0.4 is 4.90 Å². The van der Waals surface area contributed by atoms with Gasteiger partial charge in [-0.15, -0.1) is 0 Å². The van der Waals surface area contributed by atoms with E-state index in [0.29, 0.717) is 10.9 Å². The summed E-state index contributed by atoms with van der Waals surface area (Å²) in [7, 11) is 4.23. The standard InChI is InChI=1S/C12H17BrClN3/c1-16-4-3-9(7-16)8-17(2)12-11(14)5-10(13)6-15-12/h5-6,9H,3-4,7-8H2,1-2H3. The Labute approximate surface area is 116 Å². The first kappa shape index (κ1) is 13.1. The number of halogens is 2. The summed E-state index contributed by atoms with van der Waals surface area (Å²) >= 11 is 9.56. The average molecular weight is 319 g/mol. The monoisotopic (exact) mass is 317 g/mol. The van der Waals surface area contributed by atoms with E-state index in [1.165, 1.54) is 19.5 Å². The summed E-state index contributed by atoms with van der Waals surface area (Å²) < 4.78 is 0.917. The third-order valence-electron chi connectivity index (χ3n) is 3.17. The van der Waals surface area contributed by atoms with Gasteiger partial charge in [0.1, 0.15) is 5.82 Å². The molecule has 1 fully saturated rings. The van der Waals surface area contributed by atoms with E-state index in [4.69, 9.17) is 11.6 Å². The summed E-state index contributed by atoms with van der Waals surface area (Å²) in [5, 5.41) is 0.702. The van der Waals surface area contributed by atoms with Crippen LogP contribution in [0.4, 0.5) is 5.82 Å². The molecular formula is C12H17BrClN3. The number of aromatic nitrogens is 1. The van der Waals surface area contributed by atoms with Crippen LogP contribution in [0.15, 0.2) is 16.7 Å². The molecule has 1 aliphatic heterocycles. The number of pyridine rings is 1. The van der Waals surface area contributed by atoms with E-state index < -0.39 is 0 Å². The molecule has 0 spiro atoms. The fourth-order valence-electron chi connectivity index (χ4n) is 2.34. The summed E-state index contributed by atoms with van der Waals surface area (Å²) in [4.78, 5) is 8.89. The van der Waals surface area contributed by atoms with Crippen molar-refractivity contribution in [3.05, 3.63) is 21.8 Å². The zero-order valence-electron chi connectivity index (χ0n) is 10.2. The van der Waals surface area contributed by atoms with Gasteiger partial charge in [0, 0.05) is 30.8 Å². The molecule has 3 nitrogen and oxygen atoms in total. The Bertz CT molecular complexity index is 399. The maximum absolute atomic E-state index is 6.19. The molecule has 2 heterocycles. The molecular weight excluding hydrogens is 302 g/mol. The third-order valence-corrected chi connectivity index (χ3v) is 3.88. The van der Waals surface area contributed by atoms with Gasteiger partial charge in [-0.05, 0) is 47.9 Å². The first-order valence-electron chi connectivity index (χ1n) is 5.77. The predicted octanol–water partition coefficient (Wildman–Crippen LogP) is 2.89. The number of likely N-dealkylation sites (tertiary alicyclic amines) is 1. The smallest absolute Gasteiger partial charge is 0.147 e. The number of hydrogen-bond donors (Lipinski definition) is 0. The van der Waals surface area contributed by atoms with E-state index in [0.717, 1.165) is 16.8 Å². The van der Waals surface area contributed by atoms with Crippen molar-refractivity contribution in [1.29, 1.82) is 0 Å². The van der Waals surface area contributed by atoms with Crippen molar-refractivity contribution in [3.63, 3.8) is 0 Å². The van der Waals surface area contributed by atoms with E-state index in [1.807, 2.05) is 6.07 Å². The highest BCUT2D eigenvalue weighted by Crippen LogP contribution is 2.27.